The van der Waals surface area contributed by atoms with E-state index in [0.29, 0.717) is 35.8 Å². The molecule has 2 aromatic rings. The van der Waals surface area contributed by atoms with Crippen molar-refractivity contribution in [2.24, 2.45) is 5.92 Å². The van der Waals surface area contributed by atoms with E-state index in [1.807, 2.05) is 11.6 Å². The Morgan fingerprint density at radius 3 is 3.04 bits per heavy atom. The average Bonchev–Trinajstić information content (AvgIpc) is 2.88. The van der Waals surface area contributed by atoms with Crippen molar-refractivity contribution >= 4 is 5.91 Å². The van der Waals surface area contributed by atoms with E-state index in [-0.39, 0.29) is 17.8 Å². The Morgan fingerprint density at radius 1 is 1.50 bits per heavy atom. The summed E-state index contributed by atoms with van der Waals surface area (Å²) in [6.07, 6.45) is 2.21. The summed E-state index contributed by atoms with van der Waals surface area (Å²) in [4.78, 5) is 12.6. The number of benzene rings is 1. The normalized spacial score (nSPS) is 16.6. The number of nitrogens with one attached hydrogen (secondary N) is 1. The van der Waals surface area contributed by atoms with Crippen LogP contribution in [0.4, 0.5) is 4.39 Å². The summed E-state index contributed by atoms with van der Waals surface area (Å²) >= 11 is 0. The van der Waals surface area contributed by atoms with E-state index < -0.39 is 0 Å². The summed E-state index contributed by atoms with van der Waals surface area (Å²) in [6.45, 7) is 7.37. The van der Waals surface area contributed by atoms with E-state index in [1.54, 1.807) is 12.3 Å². The van der Waals surface area contributed by atoms with Crippen LogP contribution < -0.4 is 10.1 Å². The van der Waals surface area contributed by atoms with Gasteiger partial charge in [-0.15, -0.1) is 0 Å². The van der Waals surface area contributed by atoms with Crippen LogP contribution in [0.2, 0.25) is 0 Å². The first-order valence-electron chi connectivity index (χ1n) is 8.21. The number of hydrogen-bond donors (Lipinski definition) is 1. The molecule has 0 saturated carbocycles. The number of halogens is 1. The smallest absolute Gasteiger partial charge is 0.255 e. The van der Waals surface area contributed by atoms with Crippen molar-refractivity contribution in [1.82, 2.24) is 15.1 Å². The molecule has 5 nitrogen and oxygen atoms in total. The average molecular weight is 331 g/mol. The molecule has 2 heterocycles. The highest BCUT2D eigenvalue weighted by molar-refractivity contribution is 5.95. The summed E-state index contributed by atoms with van der Waals surface area (Å²) in [6, 6.07) is 4.14. The van der Waals surface area contributed by atoms with Crippen molar-refractivity contribution in [2.45, 2.75) is 39.8 Å². The van der Waals surface area contributed by atoms with Crippen LogP contribution in [0.15, 0.2) is 24.4 Å². The van der Waals surface area contributed by atoms with Crippen molar-refractivity contribution in [3.63, 3.8) is 0 Å². The third kappa shape index (κ3) is 3.27. The van der Waals surface area contributed by atoms with Crippen LogP contribution in [-0.2, 0) is 6.54 Å². The van der Waals surface area contributed by atoms with Crippen molar-refractivity contribution in [3.8, 4) is 5.75 Å². The molecule has 0 bridgehead atoms. The number of carbonyl (C=O) groups excluding carboxylic acids is 1. The molecule has 1 amide bonds. The lowest BCUT2D eigenvalue weighted by Crippen LogP contribution is -2.32. The molecule has 1 aromatic heterocycles. The molecule has 0 spiro atoms. The molecule has 6 heteroatoms. The minimum Gasteiger partial charge on any atom is -0.493 e. The SMILES string of the molecule is Cc1c(C(=O)N[C@H]2CCOc3ccc(F)cc32)cnn1CC(C)C. The van der Waals surface area contributed by atoms with E-state index >= 15 is 0 Å². The van der Waals surface area contributed by atoms with E-state index in [0.717, 1.165) is 12.2 Å². The fraction of sp³-hybridized carbons (Fsp3) is 0.444. The number of hydrogen-bond acceptors (Lipinski definition) is 3. The standard InChI is InChI=1S/C18H22FN3O2/c1-11(2)10-22-12(3)15(9-20-22)18(23)21-16-6-7-24-17-5-4-13(19)8-14(16)17/h4-5,8-9,11,16H,6-7,10H2,1-3H3,(H,21,23)/t16-/m0/s1. The largest absolute Gasteiger partial charge is 0.493 e. The predicted octanol–water partition coefficient (Wildman–Crippen LogP) is 3.24. The number of ether oxygens (including phenoxy) is 1. The van der Waals surface area contributed by atoms with Crippen LogP contribution in [-0.4, -0.2) is 22.3 Å². The van der Waals surface area contributed by atoms with Crippen molar-refractivity contribution in [2.75, 3.05) is 6.61 Å². The monoisotopic (exact) mass is 331 g/mol. The van der Waals surface area contributed by atoms with Gasteiger partial charge in [0.1, 0.15) is 11.6 Å². The second-order valence-corrected chi connectivity index (χ2v) is 6.56. The fourth-order valence-electron chi connectivity index (χ4n) is 2.95. The van der Waals surface area contributed by atoms with E-state index in [1.165, 1.54) is 12.1 Å². The van der Waals surface area contributed by atoms with E-state index in [4.69, 9.17) is 4.74 Å². The maximum atomic E-state index is 13.5. The van der Waals surface area contributed by atoms with Gasteiger partial charge in [0.25, 0.3) is 5.91 Å². The third-order valence-electron chi connectivity index (χ3n) is 4.20. The molecular formula is C18H22FN3O2. The Hall–Kier alpha value is -2.37. The molecule has 24 heavy (non-hydrogen) atoms. The quantitative estimate of drug-likeness (QED) is 0.936. The molecule has 3 rings (SSSR count). The molecule has 1 aliphatic rings. The van der Waals surface area contributed by atoms with Gasteiger partial charge in [-0.05, 0) is 31.0 Å². The lowest BCUT2D eigenvalue weighted by atomic mass is 10.00. The van der Waals surface area contributed by atoms with Gasteiger partial charge in [0.15, 0.2) is 0 Å². The number of aromatic nitrogens is 2. The number of nitrogens with zero attached hydrogens (tertiary/aromatic N) is 2. The van der Waals surface area contributed by atoms with Gasteiger partial charge in [0.2, 0.25) is 0 Å². The fourth-order valence-corrected chi connectivity index (χ4v) is 2.95. The Kier molecular flexibility index (Phi) is 4.55. The number of rotatable bonds is 4. The predicted molar refractivity (Wildman–Crippen MR) is 88.5 cm³/mol. The highest BCUT2D eigenvalue weighted by atomic mass is 19.1. The van der Waals surface area contributed by atoms with Gasteiger partial charge in [-0.1, -0.05) is 13.8 Å². The van der Waals surface area contributed by atoms with Gasteiger partial charge in [-0.3, -0.25) is 9.48 Å². The summed E-state index contributed by atoms with van der Waals surface area (Å²) in [7, 11) is 0. The molecule has 1 N–H and O–H groups in total. The molecule has 0 saturated heterocycles. The van der Waals surface area contributed by atoms with E-state index in [2.05, 4.69) is 24.3 Å². The minimum atomic E-state index is -0.334. The van der Waals surface area contributed by atoms with Gasteiger partial charge < -0.3 is 10.1 Å². The van der Waals surface area contributed by atoms with Gasteiger partial charge in [-0.25, -0.2) is 4.39 Å². The maximum Gasteiger partial charge on any atom is 0.255 e. The van der Waals surface area contributed by atoms with Crippen LogP contribution in [0.5, 0.6) is 5.75 Å². The van der Waals surface area contributed by atoms with Gasteiger partial charge in [0, 0.05) is 24.2 Å². The first kappa shape index (κ1) is 16.5. The Labute approximate surface area is 140 Å². The molecular weight excluding hydrogens is 309 g/mol. The van der Waals surface area contributed by atoms with Crippen LogP contribution in [0.25, 0.3) is 0 Å². The molecule has 0 fully saturated rings. The molecule has 0 radical (unpaired) electrons. The lowest BCUT2D eigenvalue weighted by Gasteiger charge is -2.26. The van der Waals surface area contributed by atoms with Crippen molar-refractivity contribution in [1.29, 1.82) is 0 Å². The zero-order chi connectivity index (χ0) is 17.3. The van der Waals surface area contributed by atoms with Crippen LogP contribution in [0.1, 0.15) is 47.9 Å². The summed E-state index contributed by atoms with van der Waals surface area (Å²) < 4.78 is 20.9. The van der Waals surface area contributed by atoms with E-state index in [9.17, 15) is 9.18 Å². The summed E-state index contributed by atoms with van der Waals surface area (Å²) in [5, 5.41) is 7.29. The highest BCUT2D eigenvalue weighted by Gasteiger charge is 2.25. The van der Waals surface area contributed by atoms with Gasteiger partial charge in [0.05, 0.1) is 24.4 Å². The van der Waals surface area contributed by atoms with Gasteiger partial charge >= 0.3 is 0 Å². The first-order valence-corrected chi connectivity index (χ1v) is 8.21. The zero-order valence-electron chi connectivity index (χ0n) is 14.2. The molecule has 1 aliphatic heterocycles. The second-order valence-electron chi connectivity index (χ2n) is 6.56. The molecule has 1 aromatic carbocycles. The number of fused-ring (bicyclic) bond motifs is 1. The molecule has 128 valence electrons. The Morgan fingerprint density at radius 2 is 2.29 bits per heavy atom. The molecule has 0 unspecified atom stereocenters. The van der Waals surface area contributed by atoms with Gasteiger partial charge in [-0.2, -0.15) is 5.10 Å². The van der Waals surface area contributed by atoms with Crippen LogP contribution >= 0.6 is 0 Å². The second kappa shape index (κ2) is 6.63. The number of amides is 1. The maximum absolute atomic E-state index is 13.5. The van der Waals surface area contributed by atoms with Crippen LogP contribution in [0.3, 0.4) is 0 Å². The summed E-state index contributed by atoms with van der Waals surface area (Å²) in [5.41, 5.74) is 2.08. The topological polar surface area (TPSA) is 56.1 Å². The lowest BCUT2D eigenvalue weighted by molar-refractivity contribution is 0.0923. The summed E-state index contributed by atoms with van der Waals surface area (Å²) in [5.74, 6) is 0.550. The number of carbonyl (C=O) groups is 1. The highest BCUT2D eigenvalue weighted by Crippen LogP contribution is 2.32. The third-order valence-corrected chi connectivity index (χ3v) is 4.20. The molecule has 0 aliphatic carbocycles. The zero-order valence-corrected chi connectivity index (χ0v) is 14.2. The first-order chi connectivity index (χ1) is 11.5. The Bertz CT molecular complexity index is 755. The van der Waals surface area contributed by atoms with Crippen LogP contribution in [0, 0.1) is 18.7 Å². The minimum absolute atomic E-state index is 0.190. The molecule has 1 atom stereocenters. The van der Waals surface area contributed by atoms with Crippen molar-refractivity contribution < 1.29 is 13.9 Å². The Balaban J connectivity index is 1.79. The van der Waals surface area contributed by atoms with Crippen molar-refractivity contribution in [3.05, 3.63) is 47.0 Å².